The van der Waals surface area contributed by atoms with Crippen LogP contribution >= 0.6 is 0 Å². The van der Waals surface area contributed by atoms with Crippen LogP contribution < -0.4 is 11.1 Å². The SMILES string of the molecule is COC(=O)C(NC(=O)C[C@@H]1CCC[C@H]1N)C(C)C. The molecule has 1 rings (SSSR count). The second-order valence-electron chi connectivity index (χ2n) is 5.37. The molecule has 0 saturated heterocycles. The molecule has 3 atom stereocenters. The first-order chi connectivity index (χ1) is 8.45. The molecular weight excluding hydrogens is 232 g/mol. The smallest absolute Gasteiger partial charge is 0.328 e. The van der Waals surface area contributed by atoms with E-state index in [1.165, 1.54) is 7.11 Å². The van der Waals surface area contributed by atoms with Crippen LogP contribution in [0.5, 0.6) is 0 Å². The van der Waals surface area contributed by atoms with Gasteiger partial charge in [0.2, 0.25) is 5.91 Å². The fraction of sp³-hybridized carbons (Fsp3) is 0.846. The number of ether oxygens (including phenoxy) is 1. The van der Waals surface area contributed by atoms with E-state index in [1.807, 2.05) is 13.8 Å². The second-order valence-corrected chi connectivity index (χ2v) is 5.37. The van der Waals surface area contributed by atoms with Gasteiger partial charge in [-0.1, -0.05) is 20.3 Å². The maximum absolute atomic E-state index is 11.9. The standard InChI is InChI=1S/C13H24N2O3/c1-8(2)12(13(17)18-3)15-11(16)7-9-5-4-6-10(9)14/h8-10,12H,4-7,14H2,1-3H3,(H,15,16)/t9-,10+,12?/m0/s1. The van der Waals surface area contributed by atoms with E-state index < -0.39 is 12.0 Å². The third-order valence-corrected chi connectivity index (χ3v) is 3.60. The highest BCUT2D eigenvalue weighted by Gasteiger charge is 2.29. The van der Waals surface area contributed by atoms with E-state index in [2.05, 4.69) is 10.1 Å². The summed E-state index contributed by atoms with van der Waals surface area (Å²) in [6.07, 6.45) is 3.48. The lowest BCUT2D eigenvalue weighted by atomic mass is 9.98. The van der Waals surface area contributed by atoms with E-state index >= 15 is 0 Å². The van der Waals surface area contributed by atoms with Crippen LogP contribution in [-0.2, 0) is 14.3 Å². The zero-order chi connectivity index (χ0) is 13.7. The van der Waals surface area contributed by atoms with Crippen LogP contribution in [0.2, 0.25) is 0 Å². The van der Waals surface area contributed by atoms with Gasteiger partial charge in [0, 0.05) is 12.5 Å². The van der Waals surface area contributed by atoms with E-state index in [-0.39, 0.29) is 23.8 Å². The van der Waals surface area contributed by atoms with Gasteiger partial charge in [-0.25, -0.2) is 4.79 Å². The predicted molar refractivity (Wildman–Crippen MR) is 68.7 cm³/mol. The molecule has 1 unspecified atom stereocenters. The summed E-state index contributed by atoms with van der Waals surface area (Å²) in [5.41, 5.74) is 5.93. The van der Waals surface area contributed by atoms with Crippen molar-refractivity contribution < 1.29 is 14.3 Å². The lowest BCUT2D eigenvalue weighted by molar-refractivity contribution is -0.146. The quantitative estimate of drug-likeness (QED) is 0.713. The predicted octanol–water partition coefficient (Wildman–Crippen LogP) is 0.818. The van der Waals surface area contributed by atoms with Crippen LogP contribution in [0.15, 0.2) is 0 Å². The molecule has 0 aromatic rings. The lowest BCUT2D eigenvalue weighted by Gasteiger charge is -2.21. The molecule has 0 aromatic carbocycles. The summed E-state index contributed by atoms with van der Waals surface area (Å²) in [5.74, 6) is -0.246. The number of methoxy groups -OCH3 is 1. The summed E-state index contributed by atoms with van der Waals surface area (Å²) in [6.45, 7) is 3.76. The monoisotopic (exact) mass is 256 g/mol. The average molecular weight is 256 g/mol. The van der Waals surface area contributed by atoms with Crippen LogP contribution in [0.4, 0.5) is 0 Å². The van der Waals surface area contributed by atoms with Crippen molar-refractivity contribution in [2.24, 2.45) is 17.6 Å². The number of hydrogen-bond donors (Lipinski definition) is 2. The summed E-state index contributed by atoms with van der Waals surface area (Å²) in [7, 11) is 1.33. The van der Waals surface area contributed by atoms with Crippen LogP contribution in [0.3, 0.4) is 0 Å². The number of carbonyl (C=O) groups excluding carboxylic acids is 2. The van der Waals surface area contributed by atoms with Crippen LogP contribution in [-0.4, -0.2) is 31.1 Å². The number of esters is 1. The average Bonchev–Trinajstić information content (AvgIpc) is 2.70. The first-order valence-electron chi connectivity index (χ1n) is 6.58. The van der Waals surface area contributed by atoms with Gasteiger partial charge in [-0.2, -0.15) is 0 Å². The Bertz CT molecular complexity index is 305. The van der Waals surface area contributed by atoms with E-state index in [4.69, 9.17) is 5.73 Å². The van der Waals surface area contributed by atoms with Crippen molar-refractivity contribution in [3.05, 3.63) is 0 Å². The molecular formula is C13H24N2O3. The number of nitrogens with two attached hydrogens (primary N) is 1. The number of hydrogen-bond acceptors (Lipinski definition) is 4. The van der Waals surface area contributed by atoms with Crippen LogP contribution in [0, 0.1) is 11.8 Å². The number of amides is 1. The molecule has 1 amide bonds. The maximum atomic E-state index is 11.9. The molecule has 0 aromatic heterocycles. The number of nitrogens with one attached hydrogen (secondary N) is 1. The molecule has 0 aliphatic heterocycles. The van der Waals surface area contributed by atoms with Gasteiger partial charge in [0.15, 0.2) is 0 Å². The second kappa shape index (κ2) is 6.73. The molecule has 104 valence electrons. The molecule has 1 aliphatic carbocycles. The van der Waals surface area contributed by atoms with Crippen molar-refractivity contribution in [2.75, 3.05) is 7.11 Å². The maximum Gasteiger partial charge on any atom is 0.328 e. The number of rotatable bonds is 5. The molecule has 1 fully saturated rings. The van der Waals surface area contributed by atoms with Crippen LogP contribution in [0.25, 0.3) is 0 Å². The summed E-state index contributed by atoms with van der Waals surface area (Å²) < 4.78 is 4.69. The van der Waals surface area contributed by atoms with Gasteiger partial charge in [0.1, 0.15) is 6.04 Å². The van der Waals surface area contributed by atoms with Gasteiger partial charge < -0.3 is 15.8 Å². The van der Waals surface area contributed by atoms with Gasteiger partial charge in [0.25, 0.3) is 0 Å². The van der Waals surface area contributed by atoms with Gasteiger partial charge in [-0.3, -0.25) is 4.79 Å². The van der Waals surface area contributed by atoms with Crippen molar-refractivity contribution in [1.82, 2.24) is 5.32 Å². The van der Waals surface area contributed by atoms with Gasteiger partial charge >= 0.3 is 5.97 Å². The molecule has 0 spiro atoms. The Labute approximate surface area is 108 Å². The van der Waals surface area contributed by atoms with Gasteiger partial charge in [-0.05, 0) is 24.7 Å². The minimum absolute atomic E-state index is 0.0126. The van der Waals surface area contributed by atoms with E-state index in [0.717, 1.165) is 19.3 Å². The topological polar surface area (TPSA) is 81.4 Å². The lowest BCUT2D eigenvalue weighted by Crippen LogP contribution is -2.46. The molecule has 1 aliphatic rings. The van der Waals surface area contributed by atoms with Gasteiger partial charge in [-0.15, -0.1) is 0 Å². The summed E-state index contributed by atoms with van der Waals surface area (Å²) in [5, 5.41) is 2.75. The summed E-state index contributed by atoms with van der Waals surface area (Å²) >= 11 is 0. The number of carbonyl (C=O) groups is 2. The molecule has 0 bridgehead atoms. The highest BCUT2D eigenvalue weighted by molar-refractivity contribution is 5.84. The fourth-order valence-electron chi connectivity index (χ4n) is 2.41. The van der Waals surface area contributed by atoms with E-state index in [1.54, 1.807) is 0 Å². The highest BCUT2D eigenvalue weighted by Crippen LogP contribution is 2.26. The normalized spacial score (nSPS) is 24.9. The molecule has 18 heavy (non-hydrogen) atoms. The first kappa shape index (κ1) is 15.0. The Kier molecular flexibility index (Phi) is 5.59. The van der Waals surface area contributed by atoms with Crippen molar-refractivity contribution in [3.63, 3.8) is 0 Å². The molecule has 0 radical (unpaired) electrons. The van der Waals surface area contributed by atoms with Crippen LogP contribution in [0.1, 0.15) is 39.5 Å². The minimum atomic E-state index is -0.569. The van der Waals surface area contributed by atoms with E-state index in [9.17, 15) is 9.59 Å². The molecule has 5 nitrogen and oxygen atoms in total. The van der Waals surface area contributed by atoms with Crippen molar-refractivity contribution in [1.29, 1.82) is 0 Å². The Balaban J connectivity index is 2.48. The molecule has 0 heterocycles. The third kappa shape index (κ3) is 3.98. The van der Waals surface area contributed by atoms with E-state index in [0.29, 0.717) is 6.42 Å². The fourth-order valence-corrected chi connectivity index (χ4v) is 2.41. The molecule has 1 saturated carbocycles. The first-order valence-corrected chi connectivity index (χ1v) is 6.58. The largest absolute Gasteiger partial charge is 0.467 e. The van der Waals surface area contributed by atoms with Gasteiger partial charge in [0.05, 0.1) is 7.11 Å². The zero-order valence-corrected chi connectivity index (χ0v) is 11.4. The minimum Gasteiger partial charge on any atom is -0.467 e. The van der Waals surface area contributed by atoms with Crippen molar-refractivity contribution in [2.45, 2.75) is 51.6 Å². The third-order valence-electron chi connectivity index (χ3n) is 3.60. The Morgan fingerprint density at radius 3 is 2.50 bits per heavy atom. The van der Waals surface area contributed by atoms with Crippen molar-refractivity contribution in [3.8, 4) is 0 Å². The summed E-state index contributed by atoms with van der Waals surface area (Å²) in [6, 6.07) is -0.452. The summed E-state index contributed by atoms with van der Waals surface area (Å²) in [4.78, 5) is 23.4. The Hall–Kier alpha value is -1.10. The Morgan fingerprint density at radius 1 is 1.39 bits per heavy atom. The molecule has 5 heteroatoms. The molecule has 3 N–H and O–H groups in total. The zero-order valence-electron chi connectivity index (χ0n) is 11.4. The highest BCUT2D eigenvalue weighted by atomic mass is 16.5. The van der Waals surface area contributed by atoms with Crippen molar-refractivity contribution >= 4 is 11.9 Å². The Morgan fingerprint density at radius 2 is 2.06 bits per heavy atom.